The van der Waals surface area contributed by atoms with Gasteiger partial charge in [0.25, 0.3) is 0 Å². The molecule has 284 valence electrons. The minimum absolute atomic E-state index is 1.33. The van der Waals surface area contributed by atoms with E-state index in [-0.39, 0.29) is 0 Å². The second-order valence-electron chi connectivity index (χ2n) is 16.2. The summed E-state index contributed by atoms with van der Waals surface area (Å²) in [6.45, 7) is 14.8. The van der Waals surface area contributed by atoms with E-state index in [0.29, 0.717) is 0 Å². The van der Waals surface area contributed by atoms with Gasteiger partial charge in [-0.2, -0.15) is 0 Å². The molecular weight excluding hydrogens is 599 g/mol. The van der Waals surface area contributed by atoms with Gasteiger partial charge in [0.1, 0.15) is 16.5 Å². The molecule has 0 spiro atoms. The van der Waals surface area contributed by atoms with E-state index in [1.807, 2.05) is 0 Å². The maximum atomic E-state index is 4.66. The number of rotatable bonds is 40. The lowest BCUT2D eigenvalue weighted by atomic mass is 10.0. The Morgan fingerprint density at radius 1 is 0.234 bits per heavy atom. The molecule has 0 amide bonds. The van der Waals surface area contributed by atoms with Crippen molar-refractivity contribution in [3.8, 4) is 0 Å². The third-order valence-corrected chi connectivity index (χ3v) is 24.5. The Morgan fingerprint density at radius 2 is 0.404 bits per heavy atom. The topological polar surface area (TPSA) is 12.0 Å². The molecule has 0 aromatic carbocycles. The first-order valence-electron chi connectivity index (χ1n) is 22.9. The summed E-state index contributed by atoms with van der Waals surface area (Å²) >= 11 is 0. The number of hydrogen-bond acceptors (Lipinski definition) is 1. The van der Waals surface area contributed by atoms with Crippen LogP contribution in [0.2, 0.25) is 36.3 Å². The Kier molecular flexibility index (Phi) is 36.5. The van der Waals surface area contributed by atoms with E-state index in [4.69, 9.17) is 0 Å². The third kappa shape index (κ3) is 28.8. The minimum atomic E-state index is -1.33. The maximum Gasteiger partial charge on any atom is 0.118 e. The van der Waals surface area contributed by atoms with Crippen molar-refractivity contribution in [3.05, 3.63) is 0 Å². The van der Waals surface area contributed by atoms with E-state index in [9.17, 15) is 0 Å². The summed E-state index contributed by atoms with van der Waals surface area (Å²) in [6.07, 6.45) is 47.2. The van der Waals surface area contributed by atoms with Crippen molar-refractivity contribution in [2.75, 3.05) is 0 Å². The summed E-state index contributed by atoms with van der Waals surface area (Å²) in [5.74, 6) is 0. The van der Waals surface area contributed by atoms with Crippen molar-refractivity contribution < 1.29 is 0 Å². The van der Waals surface area contributed by atoms with Gasteiger partial charge in [0.15, 0.2) is 0 Å². The summed E-state index contributed by atoms with van der Waals surface area (Å²) in [7, 11) is -2.65. The van der Waals surface area contributed by atoms with Gasteiger partial charge < -0.3 is 4.65 Å². The van der Waals surface area contributed by atoms with Gasteiger partial charge >= 0.3 is 0 Å². The molecule has 1 nitrogen and oxygen atoms in total. The van der Waals surface area contributed by atoms with Crippen molar-refractivity contribution in [3.63, 3.8) is 0 Å². The summed E-state index contributed by atoms with van der Waals surface area (Å²) in [4.78, 5) is 0. The molecule has 47 heavy (non-hydrogen) atoms. The smallest absolute Gasteiger partial charge is 0.118 e. The molecule has 0 aliphatic heterocycles. The average molecular weight is 694 g/mol. The number of hydrogen-bond donors (Lipinski definition) is 1. The fraction of sp³-hybridized carbons (Fsp3) is 1.00. The highest BCUT2D eigenvalue weighted by Crippen LogP contribution is 2.30. The fourth-order valence-corrected chi connectivity index (χ4v) is 20.9. The van der Waals surface area contributed by atoms with Crippen molar-refractivity contribution >= 4 is 16.5 Å². The minimum Gasteiger partial charge on any atom is -0.359 e. The Bertz CT molecular complexity index is 535. The second kappa shape index (κ2) is 36.2. The molecule has 0 heterocycles. The van der Waals surface area contributed by atoms with Crippen LogP contribution >= 0.6 is 0 Å². The predicted octanol–water partition coefficient (Wildman–Crippen LogP) is 17.1. The van der Waals surface area contributed by atoms with Crippen LogP contribution in [0.3, 0.4) is 0 Å². The molecule has 0 unspecified atom stereocenters. The predicted molar refractivity (Wildman–Crippen MR) is 225 cm³/mol. The van der Waals surface area contributed by atoms with Crippen LogP contribution in [-0.2, 0) is 0 Å². The van der Waals surface area contributed by atoms with Gasteiger partial charge in [0.2, 0.25) is 0 Å². The van der Waals surface area contributed by atoms with E-state index in [2.05, 4.69) is 46.2 Å². The molecule has 0 aromatic heterocycles. The van der Waals surface area contributed by atoms with E-state index in [1.165, 1.54) is 230 Å². The zero-order valence-corrected chi connectivity index (χ0v) is 36.4. The standard InChI is InChI=1S/C44H95NSi2/c1-7-13-15-17-19-21-23-25-27-29-31-33-35-37-39-41-43-46(9-3,10-4)45-47(11-5,12-6)44-42-40-38-36-34-32-30-28-26-24-22-20-18-16-14-8-2/h45H,7-44H2,1-6H3. The Balaban J connectivity index is 3.99. The highest BCUT2D eigenvalue weighted by molar-refractivity contribution is 6.93. The Hall–Kier alpha value is 0.394. The molecule has 0 bridgehead atoms. The van der Waals surface area contributed by atoms with Gasteiger partial charge in [0, 0.05) is 0 Å². The summed E-state index contributed by atoms with van der Waals surface area (Å²) < 4.78 is 4.66. The number of unbranched alkanes of at least 4 members (excludes halogenated alkanes) is 30. The molecule has 0 radical (unpaired) electrons. The monoisotopic (exact) mass is 694 g/mol. The lowest BCUT2D eigenvalue weighted by molar-refractivity contribution is 0.531. The molecule has 0 rings (SSSR count). The van der Waals surface area contributed by atoms with Gasteiger partial charge in [-0.1, -0.05) is 247 Å². The van der Waals surface area contributed by atoms with Crippen LogP contribution in [-0.4, -0.2) is 16.5 Å². The van der Waals surface area contributed by atoms with Crippen LogP contribution in [0.4, 0.5) is 0 Å². The summed E-state index contributed by atoms with van der Waals surface area (Å²) in [5.41, 5.74) is 0. The maximum absolute atomic E-state index is 4.66. The molecule has 0 saturated carbocycles. The third-order valence-electron chi connectivity index (χ3n) is 12.3. The fourth-order valence-electron chi connectivity index (χ4n) is 8.27. The van der Waals surface area contributed by atoms with Crippen molar-refractivity contribution in [2.45, 2.75) is 283 Å². The van der Waals surface area contributed by atoms with Gasteiger partial charge in [-0.15, -0.1) is 0 Å². The van der Waals surface area contributed by atoms with E-state index in [1.54, 1.807) is 12.1 Å². The summed E-state index contributed by atoms with van der Waals surface area (Å²) in [5, 5.41) is 0. The molecule has 0 aromatic rings. The molecule has 1 N–H and O–H groups in total. The lowest BCUT2D eigenvalue weighted by Gasteiger charge is -2.42. The molecule has 0 aliphatic rings. The molecular formula is C44H95NSi2. The molecule has 0 atom stereocenters. The van der Waals surface area contributed by atoms with Crippen LogP contribution in [0.25, 0.3) is 0 Å². The van der Waals surface area contributed by atoms with Crippen LogP contribution in [0.1, 0.15) is 247 Å². The Labute approximate surface area is 303 Å². The molecule has 0 saturated heterocycles. The van der Waals surface area contributed by atoms with Crippen LogP contribution in [0.15, 0.2) is 0 Å². The van der Waals surface area contributed by atoms with Crippen molar-refractivity contribution in [1.82, 2.24) is 4.65 Å². The highest BCUT2D eigenvalue weighted by Gasteiger charge is 2.38. The normalized spacial score (nSPS) is 12.4. The number of nitrogens with one attached hydrogen (secondary N) is 1. The van der Waals surface area contributed by atoms with Crippen molar-refractivity contribution in [2.24, 2.45) is 0 Å². The van der Waals surface area contributed by atoms with Gasteiger partial charge in [-0.05, 0) is 36.3 Å². The SMILES string of the molecule is CCCCCCCCCCCCCCCCCC[Si](CC)(CC)N[Si](CC)(CC)CCCCCCCCCCCCCCCCCC. The average Bonchev–Trinajstić information content (AvgIpc) is 3.10. The van der Waals surface area contributed by atoms with Crippen LogP contribution in [0.5, 0.6) is 0 Å². The molecule has 3 heteroatoms. The van der Waals surface area contributed by atoms with E-state index < -0.39 is 16.5 Å². The lowest BCUT2D eigenvalue weighted by Crippen LogP contribution is -2.63. The van der Waals surface area contributed by atoms with E-state index >= 15 is 0 Å². The first-order valence-corrected chi connectivity index (χ1v) is 28.1. The van der Waals surface area contributed by atoms with Crippen LogP contribution < -0.4 is 4.65 Å². The summed E-state index contributed by atoms with van der Waals surface area (Å²) in [6, 6.07) is 8.91. The van der Waals surface area contributed by atoms with Gasteiger partial charge in [-0.3, -0.25) is 0 Å². The van der Waals surface area contributed by atoms with Gasteiger partial charge in [0.05, 0.1) is 0 Å². The quantitative estimate of drug-likeness (QED) is 0.0497. The van der Waals surface area contributed by atoms with Gasteiger partial charge in [-0.25, -0.2) is 0 Å². The zero-order chi connectivity index (χ0) is 34.6. The first-order chi connectivity index (χ1) is 23.1. The van der Waals surface area contributed by atoms with Crippen LogP contribution in [0, 0.1) is 0 Å². The largest absolute Gasteiger partial charge is 0.359 e. The first kappa shape index (κ1) is 47.4. The second-order valence-corrected chi connectivity index (χ2v) is 26.2. The van der Waals surface area contributed by atoms with E-state index in [0.717, 1.165) is 0 Å². The van der Waals surface area contributed by atoms with Crippen molar-refractivity contribution in [1.29, 1.82) is 0 Å². The molecule has 0 aliphatic carbocycles. The zero-order valence-electron chi connectivity index (χ0n) is 34.4. The Morgan fingerprint density at radius 3 is 0.574 bits per heavy atom. The highest BCUT2D eigenvalue weighted by atomic mass is 28.4. The molecule has 0 fully saturated rings.